The molecule has 0 spiro atoms. The standard InChI is InChI=1S/C18H25N7/c1-4-13-24-14-15(11-7-5-6-8-12(11)23-16(14)19)25(13)10-18(2,3)9-22-17(20)21/h5-8H,4,9-10H2,1-3H3,(H2,19,23)(H4,20,21,22). The second kappa shape index (κ2) is 6.23. The number of pyridine rings is 1. The minimum Gasteiger partial charge on any atom is -0.382 e. The smallest absolute Gasteiger partial charge is 0.185 e. The van der Waals surface area contributed by atoms with E-state index in [1.165, 1.54) is 0 Å². The summed E-state index contributed by atoms with van der Waals surface area (Å²) in [5, 5.41) is 1.05. The Morgan fingerprint density at radius 1 is 1.20 bits per heavy atom. The van der Waals surface area contributed by atoms with Gasteiger partial charge in [-0.1, -0.05) is 39.0 Å². The van der Waals surface area contributed by atoms with E-state index in [9.17, 15) is 0 Å². The van der Waals surface area contributed by atoms with E-state index < -0.39 is 0 Å². The highest BCUT2D eigenvalue weighted by Crippen LogP contribution is 2.31. The number of anilines is 1. The van der Waals surface area contributed by atoms with Gasteiger partial charge in [-0.05, 0) is 6.07 Å². The Morgan fingerprint density at radius 3 is 2.60 bits per heavy atom. The van der Waals surface area contributed by atoms with Crippen molar-refractivity contribution in [2.45, 2.75) is 33.7 Å². The maximum atomic E-state index is 6.18. The van der Waals surface area contributed by atoms with Crippen LogP contribution in [-0.2, 0) is 13.0 Å². The number of nitrogens with zero attached hydrogens (tertiary/aromatic N) is 4. The molecule has 1 aromatic carbocycles. The summed E-state index contributed by atoms with van der Waals surface area (Å²) < 4.78 is 2.23. The van der Waals surface area contributed by atoms with Gasteiger partial charge in [0.05, 0.1) is 11.0 Å². The highest BCUT2D eigenvalue weighted by Gasteiger charge is 2.23. The van der Waals surface area contributed by atoms with Crippen LogP contribution in [-0.4, -0.2) is 27.0 Å². The molecule has 0 fully saturated rings. The van der Waals surface area contributed by atoms with Crippen LogP contribution in [0.25, 0.3) is 21.9 Å². The normalized spacial score (nSPS) is 12.0. The molecule has 3 rings (SSSR count). The predicted octanol–water partition coefficient (Wildman–Crippen LogP) is 2.03. The Hall–Kier alpha value is -2.83. The third kappa shape index (κ3) is 3.22. The molecule has 0 unspecified atom stereocenters. The second-order valence-electron chi connectivity index (χ2n) is 7.08. The van der Waals surface area contributed by atoms with Crippen LogP contribution >= 0.6 is 0 Å². The van der Waals surface area contributed by atoms with Crippen molar-refractivity contribution in [2.75, 3.05) is 12.3 Å². The zero-order valence-electron chi connectivity index (χ0n) is 15.0. The predicted molar refractivity (Wildman–Crippen MR) is 103 cm³/mol. The molecule has 0 bridgehead atoms. The number of rotatable bonds is 5. The summed E-state index contributed by atoms with van der Waals surface area (Å²) in [4.78, 5) is 13.4. The van der Waals surface area contributed by atoms with E-state index in [1.807, 2.05) is 18.2 Å². The highest BCUT2D eigenvalue weighted by atomic mass is 15.1. The van der Waals surface area contributed by atoms with E-state index in [0.717, 1.165) is 40.7 Å². The van der Waals surface area contributed by atoms with E-state index in [1.54, 1.807) is 0 Å². The molecular formula is C18H25N7. The lowest BCUT2D eigenvalue weighted by Crippen LogP contribution is -2.29. The monoisotopic (exact) mass is 339 g/mol. The fourth-order valence-corrected chi connectivity index (χ4v) is 3.13. The van der Waals surface area contributed by atoms with Gasteiger partial charge in [-0.25, -0.2) is 9.97 Å². The number of hydrogen-bond donors (Lipinski definition) is 3. The molecule has 0 amide bonds. The van der Waals surface area contributed by atoms with E-state index >= 15 is 0 Å². The van der Waals surface area contributed by atoms with Crippen LogP contribution in [0.3, 0.4) is 0 Å². The number of aromatic nitrogens is 3. The molecule has 2 aromatic heterocycles. The molecule has 2 heterocycles. The molecule has 132 valence electrons. The molecule has 0 radical (unpaired) electrons. The average Bonchev–Trinajstić information content (AvgIpc) is 2.92. The quantitative estimate of drug-likeness (QED) is 0.485. The summed E-state index contributed by atoms with van der Waals surface area (Å²) >= 11 is 0. The molecular weight excluding hydrogens is 314 g/mol. The Morgan fingerprint density at radius 2 is 1.92 bits per heavy atom. The van der Waals surface area contributed by atoms with E-state index in [4.69, 9.17) is 22.2 Å². The molecule has 3 aromatic rings. The number of hydrogen-bond acceptors (Lipinski definition) is 4. The van der Waals surface area contributed by atoms with Crippen LogP contribution in [0.1, 0.15) is 26.6 Å². The van der Waals surface area contributed by atoms with Crippen molar-refractivity contribution in [3.63, 3.8) is 0 Å². The summed E-state index contributed by atoms with van der Waals surface area (Å²) in [6.07, 6.45) is 0.806. The van der Waals surface area contributed by atoms with Gasteiger partial charge < -0.3 is 21.8 Å². The van der Waals surface area contributed by atoms with Crippen molar-refractivity contribution in [3.05, 3.63) is 30.1 Å². The van der Waals surface area contributed by atoms with Crippen LogP contribution in [0.5, 0.6) is 0 Å². The highest BCUT2D eigenvalue weighted by molar-refractivity contribution is 6.06. The first-order chi connectivity index (χ1) is 11.8. The summed E-state index contributed by atoms with van der Waals surface area (Å²) in [5.74, 6) is 1.56. The van der Waals surface area contributed by atoms with E-state index in [0.29, 0.717) is 12.4 Å². The maximum Gasteiger partial charge on any atom is 0.185 e. The Kier molecular flexibility index (Phi) is 4.24. The number of guanidine groups is 1. The number of para-hydroxylation sites is 1. The summed E-state index contributed by atoms with van der Waals surface area (Å²) in [5.41, 5.74) is 19.7. The van der Waals surface area contributed by atoms with Gasteiger partial charge in [0.25, 0.3) is 0 Å². The molecule has 0 atom stereocenters. The van der Waals surface area contributed by atoms with Gasteiger partial charge >= 0.3 is 0 Å². The number of aliphatic imine (C=N–C) groups is 1. The van der Waals surface area contributed by atoms with Gasteiger partial charge in [-0.15, -0.1) is 0 Å². The number of imidazole rings is 1. The molecule has 0 aliphatic heterocycles. The summed E-state index contributed by atoms with van der Waals surface area (Å²) in [6.45, 7) is 7.63. The van der Waals surface area contributed by atoms with E-state index in [2.05, 4.69) is 41.4 Å². The third-order valence-electron chi connectivity index (χ3n) is 4.28. The van der Waals surface area contributed by atoms with Crippen molar-refractivity contribution >= 4 is 33.7 Å². The fourth-order valence-electron chi connectivity index (χ4n) is 3.13. The molecule has 0 saturated heterocycles. The zero-order valence-corrected chi connectivity index (χ0v) is 15.0. The lowest BCUT2D eigenvalue weighted by atomic mass is 9.93. The number of benzene rings is 1. The van der Waals surface area contributed by atoms with Gasteiger partial charge in [0.1, 0.15) is 11.3 Å². The zero-order chi connectivity index (χ0) is 18.2. The molecule has 6 N–H and O–H groups in total. The van der Waals surface area contributed by atoms with Gasteiger partial charge in [0.15, 0.2) is 11.8 Å². The molecule has 0 aliphatic rings. The minimum absolute atomic E-state index is 0.109. The van der Waals surface area contributed by atoms with Crippen LogP contribution in [0.4, 0.5) is 5.82 Å². The van der Waals surface area contributed by atoms with Crippen molar-refractivity contribution < 1.29 is 0 Å². The summed E-state index contributed by atoms with van der Waals surface area (Å²) in [6, 6.07) is 8.00. The molecule has 7 nitrogen and oxygen atoms in total. The largest absolute Gasteiger partial charge is 0.382 e. The van der Waals surface area contributed by atoms with Crippen LogP contribution < -0.4 is 17.2 Å². The molecule has 0 aliphatic carbocycles. The van der Waals surface area contributed by atoms with Gasteiger partial charge in [0.2, 0.25) is 0 Å². The maximum absolute atomic E-state index is 6.18. The second-order valence-corrected chi connectivity index (χ2v) is 7.08. The van der Waals surface area contributed by atoms with Crippen molar-refractivity contribution in [1.82, 2.24) is 14.5 Å². The number of fused-ring (bicyclic) bond motifs is 3. The lowest BCUT2D eigenvalue weighted by molar-refractivity contribution is 0.318. The van der Waals surface area contributed by atoms with Gasteiger partial charge in [-0.3, -0.25) is 4.99 Å². The fraction of sp³-hybridized carbons (Fsp3) is 0.389. The lowest BCUT2D eigenvalue weighted by Gasteiger charge is -2.25. The summed E-state index contributed by atoms with van der Waals surface area (Å²) in [7, 11) is 0. The first-order valence-corrected chi connectivity index (χ1v) is 8.41. The number of nitrogen functional groups attached to an aromatic ring is 1. The number of aryl methyl sites for hydroxylation is 1. The van der Waals surface area contributed by atoms with Gasteiger partial charge in [0, 0.05) is 30.3 Å². The molecule has 0 saturated carbocycles. The number of nitrogens with two attached hydrogens (primary N) is 3. The van der Waals surface area contributed by atoms with Crippen molar-refractivity contribution in [3.8, 4) is 0 Å². The van der Waals surface area contributed by atoms with Crippen molar-refractivity contribution in [1.29, 1.82) is 0 Å². The Bertz CT molecular complexity index is 949. The van der Waals surface area contributed by atoms with Crippen molar-refractivity contribution in [2.24, 2.45) is 21.9 Å². The minimum atomic E-state index is -0.138. The molecule has 25 heavy (non-hydrogen) atoms. The van der Waals surface area contributed by atoms with Crippen LogP contribution in [0.2, 0.25) is 0 Å². The average molecular weight is 339 g/mol. The van der Waals surface area contributed by atoms with Crippen LogP contribution in [0.15, 0.2) is 29.3 Å². The first kappa shape index (κ1) is 17.0. The topological polar surface area (TPSA) is 121 Å². The third-order valence-corrected chi connectivity index (χ3v) is 4.28. The van der Waals surface area contributed by atoms with E-state index in [-0.39, 0.29) is 11.4 Å². The Labute approximate surface area is 146 Å². The first-order valence-electron chi connectivity index (χ1n) is 8.41. The van der Waals surface area contributed by atoms with Gasteiger partial charge in [-0.2, -0.15) is 0 Å². The Balaban J connectivity index is 2.21. The SMILES string of the molecule is CCc1nc2c(N)nc3ccccc3c2n1CC(C)(C)CN=C(N)N. The van der Waals surface area contributed by atoms with Crippen LogP contribution in [0, 0.1) is 5.41 Å². The molecule has 7 heteroatoms.